The minimum absolute atomic E-state index is 0.0568. The van der Waals surface area contributed by atoms with Crippen LogP contribution in [0.4, 0.5) is 0 Å². The molecule has 2 aromatic rings. The van der Waals surface area contributed by atoms with Gasteiger partial charge in [-0.3, -0.25) is 14.8 Å². The van der Waals surface area contributed by atoms with Crippen LogP contribution in [-0.4, -0.2) is 53.1 Å². The molecule has 138 valence electrons. The lowest BCUT2D eigenvalue weighted by Crippen LogP contribution is -2.41. The van der Waals surface area contributed by atoms with E-state index in [1.807, 2.05) is 5.38 Å². The highest BCUT2D eigenvalue weighted by molar-refractivity contribution is 7.13. The van der Waals surface area contributed by atoms with Gasteiger partial charge in [0.2, 0.25) is 5.91 Å². The zero-order valence-electron chi connectivity index (χ0n) is 14.7. The van der Waals surface area contributed by atoms with Crippen molar-refractivity contribution in [1.29, 1.82) is 0 Å². The molecule has 1 amide bonds. The Kier molecular flexibility index (Phi) is 5.23. The third-order valence-corrected chi connectivity index (χ3v) is 6.27. The van der Waals surface area contributed by atoms with Gasteiger partial charge in [0.05, 0.1) is 17.9 Å². The van der Waals surface area contributed by atoms with Crippen LogP contribution in [0.2, 0.25) is 0 Å². The normalized spacial score (nSPS) is 21.8. The molecule has 2 aliphatic rings. The Morgan fingerprint density at radius 2 is 2.23 bits per heavy atom. The van der Waals surface area contributed by atoms with Crippen LogP contribution in [0.5, 0.6) is 0 Å². The molecule has 4 rings (SSSR count). The van der Waals surface area contributed by atoms with E-state index in [0.717, 1.165) is 61.7 Å². The molecular formula is C18H24N6OS. The molecule has 2 saturated heterocycles. The van der Waals surface area contributed by atoms with Crippen LogP contribution in [0.3, 0.4) is 0 Å². The second-order valence-corrected chi connectivity index (χ2v) is 8.02. The van der Waals surface area contributed by atoms with Gasteiger partial charge in [-0.2, -0.15) is 0 Å². The van der Waals surface area contributed by atoms with Gasteiger partial charge in [-0.1, -0.05) is 0 Å². The first kappa shape index (κ1) is 17.5. The summed E-state index contributed by atoms with van der Waals surface area (Å²) in [6, 6.07) is -0.0568. The summed E-state index contributed by atoms with van der Waals surface area (Å²) in [6.45, 7) is 3.69. The molecule has 26 heavy (non-hydrogen) atoms. The summed E-state index contributed by atoms with van der Waals surface area (Å²) in [5.41, 5.74) is 2.08. The SMILES string of the molecule is O=C(NCCc1csc(-c2cnccn2)n1)[C@@H]1CC2(CCNCC2)CN1. The van der Waals surface area contributed by atoms with Crippen LogP contribution in [0.1, 0.15) is 25.0 Å². The summed E-state index contributed by atoms with van der Waals surface area (Å²) >= 11 is 1.56. The van der Waals surface area contributed by atoms with Crippen LogP contribution in [0, 0.1) is 5.41 Å². The van der Waals surface area contributed by atoms with Gasteiger partial charge in [-0.05, 0) is 37.8 Å². The summed E-state index contributed by atoms with van der Waals surface area (Å²) in [5, 5.41) is 12.8. The van der Waals surface area contributed by atoms with E-state index in [1.165, 1.54) is 0 Å². The number of piperidine rings is 1. The monoisotopic (exact) mass is 372 g/mol. The van der Waals surface area contributed by atoms with Crippen molar-refractivity contribution in [2.45, 2.75) is 31.7 Å². The Labute approximate surface area is 157 Å². The van der Waals surface area contributed by atoms with Gasteiger partial charge < -0.3 is 16.0 Å². The molecule has 0 bridgehead atoms. The smallest absolute Gasteiger partial charge is 0.237 e. The Morgan fingerprint density at radius 1 is 1.35 bits per heavy atom. The second-order valence-electron chi connectivity index (χ2n) is 7.16. The number of thiazole rings is 1. The van der Waals surface area contributed by atoms with Gasteiger partial charge in [-0.25, -0.2) is 4.98 Å². The van der Waals surface area contributed by atoms with Crippen molar-refractivity contribution in [3.8, 4) is 10.7 Å². The van der Waals surface area contributed by atoms with E-state index in [2.05, 4.69) is 30.9 Å². The molecule has 0 unspecified atom stereocenters. The topological polar surface area (TPSA) is 91.8 Å². The molecular weight excluding hydrogens is 348 g/mol. The number of nitrogens with zero attached hydrogens (tertiary/aromatic N) is 3. The fourth-order valence-electron chi connectivity index (χ4n) is 3.83. The lowest BCUT2D eigenvalue weighted by Gasteiger charge is -2.33. The van der Waals surface area contributed by atoms with Gasteiger partial charge in [-0.15, -0.1) is 11.3 Å². The fraction of sp³-hybridized carbons (Fsp3) is 0.556. The van der Waals surface area contributed by atoms with Gasteiger partial charge in [0, 0.05) is 37.3 Å². The first-order valence-electron chi connectivity index (χ1n) is 9.17. The maximum atomic E-state index is 12.5. The van der Waals surface area contributed by atoms with E-state index in [4.69, 9.17) is 0 Å². The highest BCUT2D eigenvalue weighted by Crippen LogP contribution is 2.37. The van der Waals surface area contributed by atoms with Crippen LogP contribution < -0.4 is 16.0 Å². The van der Waals surface area contributed by atoms with E-state index in [9.17, 15) is 4.79 Å². The van der Waals surface area contributed by atoms with Crippen molar-refractivity contribution >= 4 is 17.2 Å². The van der Waals surface area contributed by atoms with Gasteiger partial charge in [0.25, 0.3) is 0 Å². The minimum Gasteiger partial charge on any atom is -0.354 e. The predicted octanol–water partition coefficient (Wildman–Crippen LogP) is 0.990. The molecule has 3 N–H and O–H groups in total. The molecule has 0 radical (unpaired) electrons. The van der Waals surface area contributed by atoms with E-state index >= 15 is 0 Å². The van der Waals surface area contributed by atoms with E-state index in [0.29, 0.717) is 12.0 Å². The number of rotatable bonds is 5. The molecule has 0 aliphatic carbocycles. The molecule has 2 fully saturated rings. The standard InChI is InChI=1S/C18H24N6OS/c25-16(14-9-18(12-23-14)2-5-19-6-3-18)22-4-1-13-11-26-17(24-13)15-10-20-7-8-21-15/h7-8,10-11,14,19,23H,1-6,9,12H2,(H,22,25)/t14-/m0/s1. The quantitative estimate of drug-likeness (QED) is 0.725. The third-order valence-electron chi connectivity index (χ3n) is 5.36. The maximum Gasteiger partial charge on any atom is 0.237 e. The molecule has 2 aliphatic heterocycles. The first-order chi connectivity index (χ1) is 12.7. The summed E-state index contributed by atoms with van der Waals surface area (Å²) in [4.78, 5) is 25.4. The molecule has 2 aromatic heterocycles. The lowest BCUT2D eigenvalue weighted by atomic mass is 9.77. The number of hydrogen-bond donors (Lipinski definition) is 3. The van der Waals surface area contributed by atoms with Crippen LogP contribution in [0.25, 0.3) is 10.7 Å². The van der Waals surface area contributed by atoms with Gasteiger partial charge >= 0.3 is 0 Å². The molecule has 7 nitrogen and oxygen atoms in total. The Hall–Kier alpha value is -1.90. The predicted molar refractivity (Wildman–Crippen MR) is 101 cm³/mol. The zero-order chi connectivity index (χ0) is 17.8. The third kappa shape index (κ3) is 3.92. The number of amides is 1. The highest BCUT2D eigenvalue weighted by Gasteiger charge is 2.41. The average molecular weight is 372 g/mol. The van der Waals surface area contributed by atoms with Crippen molar-refractivity contribution in [2.24, 2.45) is 5.41 Å². The number of carbonyl (C=O) groups is 1. The summed E-state index contributed by atoms with van der Waals surface area (Å²) in [5.74, 6) is 0.116. The van der Waals surface area contributed by atoms with E-state index < -0.39 is 0 Å². The number of carbonyl (C=O) groups excluding carboxylic acids is 1. The molecule has 0 aromatic carbocycles. The number of hydrogen-bond acceptors (Lipinski definition) is 7. The summed E-state index contributed by atoms with van der Waals surface area (Å²) in [6.07, 6.45) is 9.03. The molecule has 1 spiro atoms. The fourth-order valence-corrected chi connectivity index (χ4v) is 4.64. The number of aromatic nitrogens is 3. The molecule has 0 saturated carbocycles. The molecule has 8 heteroatoms. The maximum absolute atomic E-state index is 12.5. The van der Waals surface area contributed by atoms with Crippen molar-refractivity contribution in [3.05, 3.63) is 29.7 Å². The van der Waals surface area contributed by atoms with E-state index in [1.54, 1.807) is 29.9 Å². The second kappa shape index (κ2) is 7.77. The Bertz CT molecular complexity index is 743. The number of nitrogens with one attached hydrogen (secondary N) is 3. The van der Waals surface area contributed by atoms with Crippen LogP contribution in [0.15, 0.2) is 24.0 Å². The molecule has 1 atom stereocenters. The van der Waals surface area contributed by atoms with Crippen molar-refractivity contribution in [1.82, 2.24) is 30.9 Å². The van der Waals surface area contributed by atoms with Gasteiger partial charge in [0.15, 0.2) is 0 Å². The summed E-state index contributed by atoms with van der Waals surface area (Å²) < 4.78 is 0. The Morgan fingerprint density at radius 3 is 3.04 bits per heavy atom. The zero-order valence-corrected chi connectivity index (χ0v) is 15.5. The molecule has 4 heterocycles. The summed E-state index contributed by atoms with van der Waals surface area (Å²) in [7, 11) is 0. The largest absolute Gasteiger partial charge is 0.354 e. The van der Waals surface area contributed by atoms with Crippen LogP contribution >= 0.6 is 11.3 Å². The first-order valence-corrected chi connectivity index (χ1v) is 10.0. The average Bonchev–Trinajstić information content (AvgIpc) is 3.31. The Balaban J connectivity index is 1.25. The lowest BCUT2D eigenvalue weighted by molar-refractivity contribution is -0.122. The van der Waals surface area contributed by atoms with Crippen molar-refractivity contribution in [2.75, 3.05) is 26.2 Å². The van der Waals surface area contributed by atoms with Crippen molar-refractivity contribution in [3.63, 3.8) is 0 Å². The highest BCUT2D eigenvalue weighted by atomic mass is 32.1. The van der Waals surface area contributed by atoms with Gasteiger partial charge in [0.1, 0.15) is 10.7 Å². The van der Waals surface area contributed by atoms with Crippen molar-refractivity contribution < 1.29 is 4.79 Å². The van der Waals surface area contributed by atoms with Crippen LogP contribution in [-0.2, 0) is 11.2 Å². The van der Waals surface area contributed by atoms with E-state index in [-0.39, 0.29) is 11.9 Å². The minimum atomic E-state index is -0.0568.